The third-order valence-corrected chi connectivity index (χ3v) is 3.68. The maximum atomic E-state index is 11.9. The smallest absolute Gasteiger partial charge is 0.252 e. The van der Waals surface area contributed by atoms with Gasteiger partial charge in [0.2, 0.25) is 0 Å². The molecule has 18 heavy (non-hydrogen) atoms. The van der Waals surface area contributed by atoms with E-state index in [4.69, 9.17) is 0 Å². The van der Waals surface area contributed by atoms with Crippen molar-refractivity contribution in [2.24, 2.45) is 5.92 Å². The summed E-state index contributed by atoms with van der Waals surface area (Å²) in [6.45, 7) is 5.94. The van der Waals surface area contributed by atoms with Gasteiger partial charge in [0.15, 0.2) is 0 Å². The number of nitrogens with zero attached hydrogens (tertiary/aromatic N) is 1. The van der Waals surface area contributed by atoms with Crippen LogP contribution in [-0.4, -0.2) is 28.1 Å². The molecule has 0 fully saturated rings. The van der Waals surface area contributed by atoms with E-state index in [2.05, 4.69) is 26.2 Å². The average Bonchev–Trinajstić information content (AvgIpc) is 2.35. The lowest BCUT2D eigenvalue weighted by Gasteiger charge is -2.29. The van der Waals surface area contributed by atoms with E-state index < -0.39 is 5.60 Å². The first-order chi connectivity index (χ1) is 8.36. The minimum Gasteiger partial charge on any atom is -0.388 e. The van der Waals surface area contributed by atoms with Gasteiger partial charge in [-0.3, -0.25) is 9.78 Å². The molecule has 100 valence electrons. The van der Waals surface area contributed by atoms with Crippen LogP contribution < -0.4 is 5.32 Å². The highest BCUT2D eigenvalue weighted by molar-refractivity contribution is 9.10. The van der Waals surface area contributed by atoms with Crippen molar-refractivity contribution < 1.29 is 9.90 Å². The number of halogens is 1. The third kappa shape index (κ3) is 4.07. The molecule has 1 aromatic heterocycles. The summed E-state index contributed by atoms with van der Waals surface area (Å²) in [6.07, 6.45) is 3.98. The van der Waals surface area contributed by atoms with E-state index in [0.29, 0.717) is 5.56 Å². The van der Waals surface area contributed by atoms with E-state index in [1.807, 2.05) is 13.8 Å². The van der Waals surface area contributed by atoms with Crippen molar-refractivity contribution in [3.05, 3.63) is 28.5 Å². The minimum absolute atomic E-state index is 0.124. The van der Waals surface area contributed by atoms with Crippen molar-refractivity contribution in [1.29, 1.82) is 0 Å². The fraction of sp³-hybridized carbons (Fsp3) is 0.538. The van der Waals surface area contributed by atoms with E-state index in [1.165, 1.54) is 6.20 Å². The van der Waals surface area contributed by atoms with Gasteiger partial charge in [-0.15, -0.1) is 0 Å². The quantitative estimate of drug-likeness (QED) is 0.877. The molecule has 2 atom stereocenters. The van der Waals surface area contributed by atoms with Gasteiger partial charge in [0.1, 0.15) is 0 Å². The van der Waals surface area contributed by atoms with Gasteiger partial charge >= 0.3 is 0 Å². The second-order valence-corrected chi connectivity index (χ2v) is 5.66. The van der Waals surface area contributed by atoms with Gasteiger partial charge in [0.05, 0.1) is 11.2 Å². The van der Waals surface area contributed by atoms with Gasteiger partial charge in [0.25, 0.3) is 5.91 Å². The Hall–Kier alpha value is -0.940. The second-order valence-electron chi connectivity index (χ2n) is 4.74. The maximum absolute atomic E-state index is 11.9. The van der Waals surface area contributed by atoms with Gasteiger partial charge in [-0.25, -0.2) is 0 Å². The summed E-state index contributed by atoms with van der Waals surface area (Å²) in [6, 6.07) is 1.69. The van der Waals surface area contributed by atoms with Crippen LogP contribution >= 0.6 is 15.9 Å². The highest BCUT2D eigenvalue weighted by atomic mass is 79.9. The number of nitrogens with one attached hydrogen (secondary N) is 1. The zero-order valence-corrected chi connectivity index (χ0v) is 12.5. The third-order valence-electron chi connectivity index (χ3n) is 3.25. The van der Waals surface area contributed by atoms with Crippen LogP contribution in [0.5, 0.6) is 0 Å². The highest BCUT2D eigenvalue weighted by Crippen LogP contribution is 2.19. The van der Waals surface area contributed by atoms with Crippen molar-refractivity contribution in [2.75, 3.05) is 6.54 Å². The van der Waals surface area contributed by atoms with Gasteiger partial charge in [-0.2, -0.15) is 0 Å². The molecule has 4 nitrogen and oxygen atoms in total. The molecule has 5 heteroatoms. The van der Waals surface area contributed by atoms with Gasteiger partial charge in [-0.05, 0) is 34.8 Å². The van der Waals surface area contributed by atoms with Crippen LogP contribution in [0.4, 0.5) is 0 Å². The molecule has 0 unspecified atom stereocenters. The van der Waals surface area contributed by atoms with Gasteiger partial charge in [0, 0.05) is 23.4 Å². The number of amides is 1. The lowest BCUT2D eigenvalue weighted by atomic mass is 9.88. The Labute approximate surface area is 116 Å². The number of aromatic nitrogens is 1. The van der Waals surface area contributed by atoms with Crippen molar-refractivity contribution in [2.45, 2.75) is 32.8 Å². The lowest BCUT2D eigenvalue weighted by Crippen LogP contribution is -2.45. The summed E-state index contributed by atoms with van der Waals surface area (Å²) in [5.74, 6) is -0.106. The second kappa shape index (κ2) is 6.29. The topological polar surface area (TPSA) is 62.2 Å². The van der Waals surface area contributed by atoms with Gasteiger partial charge in [-0.1, -0.05) is 20.3 Å². The summed E-state index contributed by atoms with van der Waals surface area (Å²) in [4.78, 5) is 15.8. The molecular weight excluding hydrogens is 296 g/mol. The standard InChI is InChI=1S/C13H19BrN2O2/c1-4-9(2)13(3,18)8-16-12(17)10-5-11(14)7-15-6-10/h5-7,9,18H,4,8H2,1-3H3,(H,16,17)/t9-,13-/m0/s1. The fourth-order valence-electron chi connectivity index (χ4n) is 1.51. The number of hydrogen-bond acceptors (Lipinski definition) is 3. The van der Waals surface area contributed by atoms with E-state index in [9.17, 15) is 9.90 Å². The summed E-state index contributed by atoms with van der Waals surface area (Å²) in [7, 11) is 0. The molecule has 1 amide bonds. The molecule has 0 saturated heterocycles. The number of carbonyl (C=O) groups is 1. The Bertz CT molecular complexity index is 421. The summed E-state index contributed by atoms with van der Waals surface area (Å²) >= 11 is 3.26. The number of aliphatic hydroxyl groups is 1. The number of carbonyl (C=O) groups excluding carboxylic acids is 1. The minimum atomic E-state index is -0.899. The number of hydrogen-bond donors (Lipinski definition) is 2. The Morgan fingerprint density at radius 2 is 2.28 bits per heavy atom. The Balaban J connectivity index is 2.61. The molecule has 1 heterocycles. The van der Waals surface area contributed by atoms with Crippen molar-refractivity contribution in [3.8, 4) is 0 Å². The predicted molar refractivity (Wildman–Crippen MR) is 74.3 cm³/mol. The normalized spacial score (nSPS) is 15.8. The monoisotopic (exact) mass is 314 g/mol. The van der Waals surface area contributed by atoms with Gasteiger partial charge < -0.3 is 10.4 Å². The molecule has 2 N–H and O–H groups in total. The van der Waals surface area contributed by atoms with E-state index in [-0.39, 0.29) is 18.4 Å². The summed E-state index contributed by atoms with van der Waals surface area (Å²) in [5.41, 5.74) is -0.423. The molecule has 0 spiro atoms. The van der Waals surface area contributed by atoms with E-state index in [0.717, 1.165) is 10.9 Å². The SMILES string of the molecule is CC[C@H](C)[C@@](C)(O)CNC(=O)c1cncc(Br)c1. The van der Waals surface area contributed by atoms with Crippen molar-refractivity contribution in [3.63, 3.8) is 0 Å². The zero-order valence-electron chi connectivity index (χ0n) is 10.9. The van der Waals surface area contributed by atoms with Crippen LogP contribution in [0.1, 0.15) is 37.6 Å². The molecule has 0 aliphatic carbocycles. The van der Waals surface area contributed by atoms with E-state index >= 15 is 0 Å². The molecule has 0 saturated carbocycles. The molecular formula is C13H19BrN2O2. The van der Waals surface area contributed by atoms with Crippen LogP contribution in [0.25, 0.3) is 0 Å². The molecule has 0 aromatic carbocycles. The van der Waals surface area contributed by atoms with Crippen LogP contribution in [0.3, 0.4) is 0 Å². The van der Waals surface area contributed by atoms with E-state index in [1.54, 1.807) is 19.2 Å². The number of rotatable bonds is 5. The fourth-order valence-corrected chi connectivity index (χ4v) is 1.88. The average molecular weight is 315 g/mol. The first-order valence-electron chi connectivity index (χ1n) is 5.98. The predicted octanol–water partition coefficient (Wildman–Crippen LogP) is 2.37. The highest BCUT2D eigenvalue weighted by Gasteiger charge is 2.27. The van der Waals surface area contributed by atoms with Crippen LogP contribution in [0.15, 0.2) is 22.9 Å². The Morgan fingerprint density at radius 1 is 1.61 bits per heavy atom. The first-order valence-corrected chi connectivity index (χ1v) is 6.77. The van der Waals surface area contributed by atoms with Crippen LogP contribution in [0.2, 0.25) is 0 Å². The first kappa shape index (κ1) is 15.1. The van der Waals surface area contributed by atoms with Crippen LogP contribution in [0, 0.1) is 5.92 Å². The largest absolute Gasteiger partial charge is 0.388 e. The summed E-state index contributed by atoms with van der Waals surface area (Å²) in [5, 5.41) is 12.9. The molecule has 0 bridgehead atoms. The molecule has 1 aromatic rings. The summed E-state index contributed by atoms with van der Waals surface area (Å²) < 4.78 is 0.754. The van der Waals surface area contributed by atoms with Crippen LogP contribution in [-0.2, 0) is 0 Å². The molecule has 1 rings (SSSR count). The number of pyridine rings is 1. The van der Waals surface area contributed by atoms with Crippen molar-refractivity contribution in [1.82, 2.24) is 10.3 Å². The Morgan fingerprint density at radius 3 is 2.83 bits per heavy atom. The Kier molecular flexibility index (Phi) is 5.28. The maximum Gasteiger partial charge on any atom is 0.252 e. The lowest BCUT2D eigenvalue weighted by molar-refractivity contribution is 0.00592. The zero-order chi connectivity index (χ0) is 13.8. The molecule has 0 radical (unpaired) electrons. The molecule has 0 aliphatic heterocycles. The molecule has 0 aliphatic rings. The van der Waals surface area contributed by atoms with Crippen molar-refractivity contribution >= 4 is 21.8 Å².